The summed E-state index contributed by atoms with van der Waals surface area (Å²) in [5.41, 5.74) is 2.08. The third-order valence-corrected chi connectivity index (χ3v) is 5.15. The van der Waals surface area contributed by atoms with Gasteiger partial charge in [-0.1, -0.05) is 30.3 Å². The number of rotatable bonds is 4. The highest BCUT2D eigenvalue weighted by Gasteiger charge is 2.43. The smallest absolute Gasteiger partial charge is 0.325 e. The Morgan fingerprint density at radius 1 is 1.23 bits per heavy atom. The number of amides is 3. The third-order valence-electron chi connectivity index (χ3n) is 5.15. The van der Waals surface area contributed by atoms with Crippen LogP contribution in [0.1, 0.15) is 18.4 Å². The van der Waals surface area contributed by atoms with Crippen molar-refractivity contribution in [2.24, 2.45) is 7.05 Å². The van der Waals surface area contributed by atoms with E-state index in [-0.39, 0.29) is 18.0 Å². The van der Waals surface area contributed by atoms with Crippen molar-refractivity contribution in [1.29, 1.82) is 0 Å². The lowest BCUT2D eigenvalue weighted by Crippen LogP contribution is -2.50. The molecule has 26 heavy (non-hydrogen) atoms. The van der Waals surface area contributed by atoms with Gasteiger partial charge >= 0.3 is 6.03 Å². The average Bonchev–Trinajstić information content (AvgIpc) is 3.20. The van der Waals surface area contributed by atoms with Gasteiger partial charge in [-0.15, -0.1) is 0 Å². The maximum absolute atomic E-state index is 12.9. The van der Waals surface area contributed by atoms with E-state index >= 15 is 0 Å². The normalized spacial score (nSPS) is 23.4. The monoisotopic (exact) mass is 353 g/mol. The highest BCUT2D eigenvalue weighted by atomic mass is 16.2. The van der Waals surface area contributed by atoms with E-state index in [1.165, 1.54) is 4.90 Å². The molecular weight excluding hydrogens is 330 g/mol. The lowest BCUT2D eigenvalue weighted by molar-refractivity contribution is -0.129. The summed E-state index contributed by atoms with van der Waals surface area (Å²) < 4.78 is 1.77. The Morgan fingerprint density at radius 3 is 2.77 bits per heavy atom. The molecule has 7 heteroatoms. The Bertz CT molecular complexity index is 803. The molecule has 0 saturated carbocycles. The molecule has 3 amide bonds. The van der Waals surface area contributed by atoms with Gasteiger partial charge in [0.15, 0.2) is 0 Å². The van der Waals surface area contributed by atoms with Gasteiger partial charge in [-0.2, -0.15) is 5.10 Å². The highest BCUT2D eigenvalue weighted by Crippen LogP contribution is 2.25. The second-order valence-electron chi connectivity index (χ2n) is 7.01. The zero-order valence-electron chi connectivity index (χ0n) is 14.8. The molecule has 1 aromatic heterocycles. The van der Waals surface area contributed by atoms with Gasteiger partial charge in [-0.3, -0.25) is 14.4 Å². The van der Waals surface area contributed by atoms with Crippen molar-refractivity contribution in [2.45, 2.75) is 31.3 Å². The summed E-state index contributed by atoms with van der Waals surface area (Å²) in [6, 6.07) is 8.95. The van der Waals surface area contributed by atoms with Crippen LogP contribution in [0.2, 0.25) is 0 Å². The molecule has 1 N–H and O–H groups in total. The van der Waals surface area contributed by atoms with E-state index < -0.39 is 6.04 Å². The summed E-state index contributed by atoms with van der Waals surface area (Å²) in [5.74, 6) is -0.114. The van der Waals surface area contributed by atoms with E-state index in [0.717, 1.165) is 30.6 Å². The van der Waals surface area contributed by atoms with Crippen molar-refractivity contribution in [2.75, 3.05) is 18.0 Å². The molecule has 0 bridgehead atoms. The summed E-state index contributed by atoms with van der Waals surface area (Å²) in [6.07, 6.45) is 6.10. The van der Waals surface area contributed by atoms with Crippen LogP contribution in [0, 0.1) is 0 Å². The summed E-state index contributed by atoms with van der Waals surface area (Å²) in [4.78, 5) is 29.0. The zero-order valence-corrected chi connectivity index (χ0v) is 14.8. The van der Waals surface area contributed by atoms with Gasteiger partial charge in [-0.25, -0.2) is 4.79 Å². The zero-order chi connectivity index (χ0) is 18.1. The summed E-state index contributed by atoms with van der Waals surface area (Å²) in [5, 5.41) is 7.08. The molecule has 1 aromatic carbocycles. The highest BCUT2D eigenvalue weighted by molar-refractivity contribution is 6.04. The number of nitrogens with zero attached hydrogens (tertiary/aromatic N) is 4. The number of nitrogens with one attached hydrogen (secondary N) is 1. The Kier molecular flexibility index (Phi) is 4.36. The first-order valence-corrected chi connectivity index (χ1v) is 9.03. The fourth-order valence-electron chi connectivity index (χ4n) is 3.85. The molecule has 2 fully saturated rings. The molecule has 2 aromatic rings. The van der Waals surface area contributed by atoms with E-state index in [0.29, 0.717) is 13.0 Å². The lowest BCUT2D eigenvalue weighted by atomic mass is 10.0. The molecular formula is C19H23N5O2. The number of aryl methyl sites for hydroxylation is 1. The van der Waals surface area contributed by atoms with Crippen molar-refractivity contribution < 1.29 is 9.59 Å². The molecule has 0 spiro atoms. The molecule has 2 aliphatic rings. The van der Waals surface area contributed by atoms with Crippen LogP contribution in [0.25, 0.3) is 0 Å². The van der Waals surface area contributed by atoms with Crippen LogP contribution in [0.3, 0.4) is 0 Å². The molecule has 2 atom stereocenters. The van der Waals surface area contributed by atoms with Crippen LogP contribution in [0.15, 0.2) is 42.7 Å². The Morgan fingerprint density at radius 2 is 2.04 bits per heavy atom. The number of piperidine rings is 1. The van der Waals surface area contributed by atoms with E-state index in [2.05, 4.69) is 15.3 Å². The van der Waals surface area contributed by atoms with E-state index in [1.807, 2.05) is 49.8 Å². The molecule has 7 nitrogen and oxygen atoms in total. The molecule has 0 radical (unpaired) electrons. The van der Waals surface area contributed by atoms with E-state index in [4.69, 9.17) is 0 Å². The number of benzene rings is 1. The summed E-state index contributed by atoms with van der Waals surface area (Å²) >= 11 is 0. The number of hydrogen-bond acceptors (Lipinski definition) is 4. The number of aromatic nitrogens is 2. The van der Waals surface area contributed by atoms with E-state index in [1.54, 1.807) is 4.68 Å². The second-order valence-corrected chi connectivity index (χ2v) is 7.01. The maximum Gasteiger partial charge on any atom is 0.325 e. The van der Waals surface area contributed by atoms with Crippen LogP contribution in [0.5, 0.6) is 0 Å². The maximum atomic E-state index is 12.9. The first kappa shape index (κ1) is 16.6. The largest absolute Gasteiger partial charge is 0.367 e. The van der Waals surface area contributed by atoms with E-state index in [9.17, 15) is 9.59 Å². The second kappa shape index (κ2) is 6.82. The number of carbonyl (C=O) groups is 2. The van der Waals surface area contributed by atoms with Gasteiger partial charge in [0.05, 0.1) is 17.9 Å². The molecule has 4 rings (SSSR count). The average molecular weight is 353 g/mol. The fraction of sp³-hybridized carbons (Fsp3) is 0.421. The number of anilines is 1. The van der Waals surface area contributed by atoms with Crippen LogP contribution < -0.4 is 10.2 Å². The van der Waals surface area contributed by atoms with Gasteiger partial charge in [-0.05, 0) is 18.4 Å². The third kappa shape index (κ3) is 3.16. The van der Waals surface area contributed by atoms with Crippen LogP contribution in [-0.2, 0) is 18.3 Å². The van der Waals surface area contributed by atoms with Gasteiger partial charge in [0.2, 0.25) is 0 Å². The summed E-state index contributed by atoms with van der Waals surface area (Å²) in [7, 11) is 1.89. The molecule has 136 valence electrons. The van der Waals surface area contributed by atoms with Crippen molar-refractivity contribution in [3.05, 3.63) is 48.3 Å². The van der Waals surface area contributed by atoms with Gasteiger partial charge < -0.3 is 10.2 Å². The van der Waals surface area contributed by atoms with Crippen molar-refractivity contribution in [3.8, 4) is 0 Å². The minimum atomic E-state index is -0.473. The standard InChI is InChI=1S/C19H23N5O2/c1-22-12-16(11-20-22)23-9-5-8-15(13-23)24-18(25)17(21-19(24)26)10-14-6-3-2-4-7-14/h2-4,6-7,11-12,15,17H,5,8-10,13H2,1H3,(H,21,26)/t15-,17+/m0/s1. The Hall–Kier alpha value is -2.83. The number of hydrogen-bond donors (Lipinski definition) is 1. The SMILES string of the molecule is Cn1cc(N2CCC[C@H](N3C(=O)N[C@H](Cc4ccccc4)C3=O)C2)cn1. The lowest BCUT2D eigenvalue weighted by Gasteiger charge is -2.36. The fourth-order valence-corrected chi connectivity index (χ4v) is 3.85. The predicted octanol–water partition coefficient (Wildman–Crippen LogP) is 1.55. The van der Waals surface area contributed by atoms with Crippen LogP contribution in [-0.4, -0.2) is 51.8 Å². The van der Waals surface area contributed by atoms with Gasteiger partial charge in [0.1, 0.15) is 6.04 Å². The minimum Gasteiger partial charge on any atom is -0.367 e. The first-order chi connectivity index (χ1) is 12.6. The first-order valence-electron chi connectivity index (χ1n) is 9.03. The number of carbonyl (C=O) groups excluding carboxylic acids is 2. The van der Waals surface area contributed by atoms with Crippen molar-refractivity contribution in [1.82, 2.24) is 20.0 Å². The molecule has 3 heterocycles. The summed E-state index contributed by atoms with van der Waals surface area (Å²) in [6.45, 7) is 1.57. The quantitative estimate of drug-likeness (QED) is 0.847. The number of urea groups is 1. The minimum absolute atomic E-state index is 0.0998. The molecule has 0 unspecified atom stereocenters. The van der Waals surface area contributed by atoms with Gasteiger partial charge in [0, 0.05) is 32.8 Å². The van der Waals surface area contributed by atoms with Gasteiger partial charge in [0.25, 0.3) is 5.91 Å². The number of imide groups is 1. The predicted molar refractivity (Wildman–Crippen MR) is 97.8 cm³/mol. The molecule has 2 saturated heterocycles. The van der Waals surface area contributed by atoms with Crippen LogP contribution >= 0.6 is 0 Å². The topological polar surface area (TPSA) is 70.5 Å². The Balaban J connectivity index is 1.46. The molecule has 2 aliphatic heterocycles. The Labute approximate surface area is 152 Å². The van der Waals surface area contributed by atoms with Crippen LogP contribution in [0.4, 0.5) is 10.5 Å². The van der Waals surface area contributed by atoms with Crippen molar-refractivity contribution in [3.63, 3.8) is 0 Å². The van der Waals surface area contributed by atoms with Crippen molar-refractivity contribution >= 4 is 17.6 Å². The molecule has 0 aliphatic carbocycles.